The van der Waals surface area contributed by atoms with Gasteiger partial charge >= 0.3 is 0 Å². The number of thiophene rings is 2. The van der Waals surface area contributed by atoms with E-state index in [9.17, 15) is 0 Å². The molecular formula is C41H43NS2. The molecule has 0 unspecified atom stereocenters. The fourth-order valence-electron chi connectivity index (χ4n) is 6.99. The molecule has 0 bridgehead atoms. The van der Waals surface area contributed by atoms with Crippen molar-refractivity contribution in [1.29, 1.82) is 0 Å². The monoisotopic (exact) mass is 613 g/mol. The molecule has 224 valence electrons. The van der Waals surface area contributed by atoms with Crippen molar-refractivity contribution in [2.75, 3.05) is 0 Å². The zero-order chi connectivity index (χ0) is 30.0. The van der Waals surface area contributed by atoms with E-state index in [0.717, 1.165) is 0 Å². The summed E-state index contributed by atoms with van der Waals surface area (Å²) >= 11 is 3.93. The molecule has 3 heteroatoms. The highest BCUT2D eigenvalue weighted by Crippen LogP contribution is 2.40. The van der Waals surface area contributed by atoms with Crippen LogP contribution >= 0.6 is 22.7 Å². The molecule has 0 aliphatic heterocycles. The van der Waals surface area contributed by atoms with E-state index in [1.807, 2.05) is 22.7 Å². The molecule has 3 heterocycles. The van der Waals surface area contributed by atoms with Gasteiger partial charge in [0, 0.05) is 48.1 Å². The fraction of sp³-hybridized carbons (Fsp3) is 0.317. The molecule has 4 aromatic carbocycles. The quantitative estimate of drug-likeness (QED) is 0.121. The predicted molar refractivity (Wildman–Crippen MR) is 198 cm³/mol. The minimum absolute atomic E-state index is 1.21. The lowest BCUT2D eigenvalue weighted by atomic mass is 10.0. The Labute approximate surface area is 270 Å². The molecule has 3 aromatic heterocycles. The van der Waals surface area contributed by atoms with Crippen LogP contribution in [0.4, 0.5) is 0 Å². The first-order valence-corrected chi connectivity index (χ1v) is 18.3. The van der Waals surface area contributed by atoms with Crippen LogP contribution in [0.5, 0.6) is 0 Å². The summed E-state index contributed by atoms with van der Waals surface area (Å²) in [5.41, 5.74) is 5.32. The molecule has 0 aliphatic rings. The number of hydrogen-bond donors (Lipinski definition) is 0. The van der Waals surface area contributed by atoms with Crippen LogP contribution in [0, 0.1) is 0 Å². The lowest BCUT2D eigenvalue weighted by Crippen LogP contribution is -1.89. The number of aromatic nitrogens is 1. The van der Waals surface area contributed by atoms with Crippen LogP contribution in [0.2, 0.25) is 0 Å². The molecule has 44 heavy (non-hydrogen) atoms. The Morgan fingerprint density at radius 3 is 1.39 bits per heavy atom. The van der Waals surface area contributed by atoms with E-state index in [4.69, 9.17) is 0 Å². The van der Waals surface area contributed by atoms with Gasteiger partial charge in [0.05, 0.1) is 11.0 Å². The number of aryl methyl sites for hydroxylation is 3. The number of fused-ring (bicyclic) bond motifs is 7. The summed E-state index contributed by atoms with van der Waals surface area (Å²) in [6.45, 7) is 4.56. The number of rotatable bonds is 12. The first-order chi connectivity index (χ1) is 21.6. The van der Waals surface area contributed by atoms with Crippen LogP contribution < -0.4 is 0 Å². The molecule has 0 spiro atoms. The largest absolute Gasteiger partial charge is 0.343 e. The zero-order valence-corrected chi connectivity index (χ0v) is 28.1. The van der Waals surface area contributed by atoms with Gasteiger partial charge in [-0.05, 0) is 84.0 Å². The van der Waals surface area contributed by atoms with Crippen molar-refractivity contribution in [2.45, 2.75) is 78.1 Å². The number of benzene rings is 4. The summed E-state index contributed by atoms with van der Waals surface area (Å²) in [6, 6.07) is 32.8. The van der Waals surface area contributed by atoms with Gasteiger partial charge in [0.1, 0.15) is 0 Å². The van der Waals surface area contributed by atoms with E-state index in [1.165, 1.54) is 138 Å². The van der Waals surface area contributed by atoms with Crippen molar-refractivity contribution >= 4 is 66.0 Å². The van der Waals surface area contributed by atoms with Crippen LogP contribution in [0.3, 0.4) is 0 Å². The second kappa shape index (κ2) is 12.9. The van der Waals surface area contributed by atoms with Gasteiger partial charge in [-0.2, -0.15) is 0 Å². The number of nitrogens with zero attached hydrogens (tertiary/aromatic N) is 1. The van der Waals surface area contributed by atoms with E-state index in [1.54, 1.807) is 0 Å². The molecule has 1 nitrogen and oxygen atoms in total. The van der Waals surface area contributed by atoms with Gasteiger partial charge in [-0.15, -0.1) is 22.7 Å². The zero-order valence-electron chi connectivity index (χ0n) is 26.4. The second-order valence-electron chi connectivity index (χ2n) is 12.5. The van der Waals surface area contributed by atoms with Crippen molar-refractivity contribution in [3.05, 3.63) is 94.7 Å². The Morgan fingerprint density at radius 2 is 0.932 bits per heavy atom. The summed E-state index contributed by atoms with van der Waals surface area (Å²) in [4.78, 5) is 5.78. The SMILES string of the molecule is CCCCCCc1ccc(-c2ccc3c(ccc4c5ccc6cc(-c7ccc(CCCCCC)s7)ccc6c5n(C)c34)c2)s1. The van der Waals surface area contributed by atoms with Crippen LogP contribution in [0.25, 0.3) is 64.2 Å². The summed E-state index contributed by atoms with van der Waals surface area (Å²) in [6.07, 6.45) is 13.0. The standard InChI is InChI=1S/C41H43NS2/c1-4-6-8-10-12-32-18-24-38(43-32)30-16-20-34-28(26-30)14-22-36-37-23-15-29-27-31(17-21-35(29)41(37)42(3)40(34)36)39-25-19-33(44-39)13-11-9-7-5-2/h14-27H,4-13H2,1-3H3. The van der Waals surface area contributed by atoms with Crippen molar-refractivity contribution in [2.24, 2.45) is 7.05 Å². The molecule has 0 amide bonds. The van der Waals surface area contributed by atoms with Crippen molar-refractivity contribution in [1.82, 2.24) is 4.57 Å². The molecule has 7 rings (SSSR count). The first-order valence-electron chi connectivity index (χ1n) is 16.7. The maximum atomic E-state index is 2.44. The Hall–Kier alpha value is -3.40. The van der Waals surface area contributed by atoms with E-state index in [2.05, 4.69) is 110 Å². The molecule has 0 N–H and O–H groups in total. The Balaban J connectivity index is 1.21. The second-order valence-corrected chi connectivity index (χ2v) is 14.8. The van der Waals surface area contributed by atoms with Crippen molar-refractivity contribution in [3.63, 3.8) is 0 Å². The average Bonchev–Trinajstić information content (AvgIpc) is 3.79. The normalized spacial score (nSPS) is 12.0. The van der Waals surface area contributed by atoms with Gasteiger partial charge in [-0.25, -0.2) is 0 Å². The molecule has 0 radical (unpaired) electrons. The molecule has 0 fully saturated rings. The van der Waals surface area contributed by atoms with Crippen molar-refractivity contribution < 1.29 is 0 Å². The third-order valence-corrected chi connectivity index (χ3v) is 11.8. The molecule has 7 aromatic rings. The fourth-order valence-corrected chi connectivity index (χ4v) is 9.08. The third-order valence-electron chi connectivity index (χ3n) is 9.39. The lowest BCUT2D eigenvalue weighted by Gasteiger charge is -2.07. The first kappa shape index (κ1) is 29.3. The summed E-state index contributed by atoms with van der Waals surface area (Å²) in [7, 11) is 2.25. The van der Waals surface area contributed by atoms with Gasteiger partial charge in [0.25, 0.3) is 0 Å². The minimum atomic E-state index is 1.21. The van der Waals surface area contributed by atoms with Crippen molar-refractivity contribution in [3.8, 4) is 20.9 Å². The topological polar surface area (TPSA) is 4.93 Å². The summed E-state index contributed by atoms with van der Waals surface area (Å²) < 4.78 is 2.44. The highest BCUT2D eigenvalue weighted by Gasteiger charge is 2.15. The highest BCUT2D eigenvalue weighted by atomic mass is 32.1. The van der Waals surface area contributed by atoms with Gasteiger partial charge in [0.2, 0.25) is 0 Å². The van der Waals surface area contributed by atoms with Crippen LogP contribution in [-0.4, -0.2) is 4.57 Å². The van der Waals surface area contributed by atoms with E-state index < -0.39 is 0 Å². The van der Waals surface area contributed by atoms with E-state index in [-0.39, 0.29) is 0 Å². The van der Waals surface area contributed by atoms with Gasteiger partial charge in [-0.1, -0.05) is 101 Å². The van der Waals surface area contributed by atoms with Crippen LogP contribution in [0.15, 0.2) is 84.9 Å². The van der Waals surface area contributed by atoms with E-state index >= 15 is 0 Å². The van der Waals surface area contributed by atoms with E-state index in [0.29, 0.717) is 0 Å². The van der Waals surface area contributed by atoms with Gasteiger partial charge in [0.15, 0.2) is 0 Å². The highest BCUT2D eigenvalue weighted by molar-refractivity contribution is 7.15. The smallest absolute Gasteiger partial charge is 0.0568 e. The van der Waals surface area contributed by atoms with Crippen LogP contribution in [-0.2, 0) is 19.9 Å². The maximum Gasteiger partial charge on any atom is 0.0568 e. The number of unbranched alkanes of at least 4 members (excludes halogenated alkanes) is 6. The molecule has 0 saturated carbocycles. The number of hydrogen-bond acceptors (Lipinski definition) is 2. The average molecular weight is 614 g/mol. The lowest BCUT2D eigenvalue weighted by molar-refractivity contribution is 0.670. The minimum Gasteiger partial charge on any atom is -0.343 e. The van der Waals surface area contributed by atoms with Gasteiger partial charge < -0.3 is 4.57 Å². The molecule has 0 aliphatic carbocycles. The van der Waals surface area contributed by atoms with Crippen LogP contribution in [0.1, 0.15) is 75.0 Å². The predicted octanol–water partition coefficient (Wildman–Crippen LogP) is 13.3. The Kier molecular flexibility index (Phi) is 8.60. The van der Waals surface area contributed by atoms with Gasteiger partial charge in [-0.3, -0.25) is 0 Å². The molecular weight excluding hydrogens is 571 g/mol. The summed E-state index contributed by atoms with van der Waals surface area (Å²) in [5, 5.41) is 7.96. The Morgan fingerprint density at radius 1 is 0.477 bits per heavy atom. The maximum absolute atomic E-state index is 2.44. The molecule has 0 atom stereocenters. The third kappa shape index (κ3) is 5.61. The summed E-state index contributed by atoms with van der Waals surface area (Å²) in [5.74, 6) is 0. The molecule has 0 saturated heterocycles. The Bertz CT molecular complexity index is 1920.